The van der Waals surface area contributed by atoms with Gasteiger partial charge in [0.1, 0.15) is 0 Å². The molecule has 0 spiro atoms. The van der Waals surface area contributed by atoms with E-state index in [-0.39, 0.29) is 11.9 Å². The smallest absolute Gasteiger partial charge is 0.237 e. The molecule has 2 atom stereocenters. The molecule has 0 bridgehead atoms. The second-order valence-corrected chi connectivity index (χ2v) is 5.79. The molecular formula is C12H19N3O2S. The van der Waals surface area contributed by atoms with Gasteiger partial charge in [0.2, 0.25) is 5.91 Å². The van der Waals surface area contributed by atoms with Crippen molar-refractivity contribution >= 4 is 17.2 Å². The molecular weight excluding hydrogens is 250 g/mol. The normalized spacial score (nSPS) is 23.6. The van der Waals surface area contributed by atoms with E-state index in [1.165, 1.54) is 0 Å². The first kappa shape index (κ1) is 13.5. The lowest BCUT2D eigenvalue weighted by Crippen LogP contribution is -2.40. The molecule has 0 aromatic carbocycles. The molecule has 2 rings (SSSR count). The summed E-state index contributed by atoms with van der Waals surface area (Å²) >= 11 is 1.62. The summed E-state index contributed by atoms with van der Waals surface area (Å²) in [5, 5.41) is 18.2. The van der Waals surface area contributed by atoms with Crippen molar-refractivity contribution in [2.75, 3.05) is 6.54 Å². The molecule has 3 N–H and O–H groups in total. The third kappa shape index (κ3) is 3.28. The SMILES string of the molecule is CC(C)c1nc(CNC(=O)[C@@H]2C[C@@H](O)CN2)cs1. The zero-order chi connectivity index (χ0) is 13.1. The largest absolute Gasteiger partial charge is 0.392 e. The second kappa shape index (κ2) is 5.77. The van der Waals surface area contributed by atoms with Crippen molar-refractivity contribution in [3.8, 4) is 0 Å². The van der Waals surface area contributed by atoms with Crippen molar-refractivity contribution in [1.29, 1.82) is 0 Å². The molecule has 1 saturated heterocycles. The fraction of sp³-hybridized carbons (Fsp3) is 0.667. The lowest BCUT2D eigenvalue weighted by molar-refractivity contribution is -0.123. The van der Waals surface area contributed by atoms with Gasteiger partial charge >= 0.3 is 0 Å². The first-order chi connectivity index (χ1) is 8.56. The second-order valence-electron chi connectivity index (χ2n) is 4.90. The van der Waals surface area contributed by atoms with E-state index in [4.69, 9.17) is 0 Å². The Kier molecular flexibility index (Phi) is 4.31. The third-order valence-electron chi connectivity index (χ3n) is 2.93. The summed E-state index contributed by atoms with van der Waals surface area (Å²) in [6.45, 7) is 5.15. The number of aromatic nitrogens is 1. The number of thiazole rings is 1. The maximum Gasteiger partial charge on any atom is 0.237 e. The van der Waals surface area contributed by atoms with Gasteiger partial charge < -0.3 is 15.7 Å². The summed E-state index contributed by atoms with van der Waals surface area (Å²) in [4.78, 5) is 16.3. The number of aliphatic hydroxyl groups excluding tert-OH is 1. The van der Waals surface area contributed by atoms with Gasteiger partial charge in [0.15, 0.2) is 0 Å². The highest BCUT2D eigenvalue weighted by Crippen LogP contribution is 2.19. The summed E-state index contributed by atoms with van der Waals surface area (Å²) in [6.07, 6.45) is 0.0766. The summed E-state index contributed by atoms with van der Waals surface area (Å²) in [6, 6.07) is -0.275. The first-order valence-corrected chi connectivity index (χ1v) is 7.07. The Bertz CT molecular complexity index is 419. The Labute approximate surface area is 111 Å². The molecule has 1 aliphatic heterocycles. The Balaban J connectivity index is 1.81. The monoisotopic (exact) mass is 269 g/mol. The van der Waals surface area contributed by atoms with E-state index in [0.717, 1.165) is 10.7 Å². The van der Waals surface area contributed by atoms with E-state index in [1.54, 1.807) is 11.3 Å². The average Bonchev–Trinajstić information content (AvgIpc) is 2.94. The van der Waals surface area contributed by atoms with Crippen LogP contribution in [0, 0.1) is 0 Å². The molecule has 0 unspecified atom stereocenters. The van der Waals surface area contributed by atoms with Gasteiger partial charge in [-0.15, -0.1) is 11.3 Å². The van der Waals surface area contributed by atoms with Crippen molar-refractivity contribution in [2.45, 2.75) is 44.9 Å². The molecule has 2 heterocycles. The summed E-state index contributed by atoms with van der Waals surface area (Å²) < 4.78 is 0. The zero-order valence-corrected chi connectivity index (χ0v) is 11.5. The molecule has 0 radical (unpaired) electrons. The van der Waals surface area contributed by atoms with Crippen LogP contribution in [0.5, 0.6) is 0 Å². The van der Waals surface area contributed by atoms with Gasteiger partial charge in [-0.25, -0.2) is 4.98 Å². The van der Waals surface area contributed by atoms with Gasteiger partial charge in [-0.05, 0) is 6.42 Å². The van der Waals surface area contributed by atoms with Crippen molar-refractivity contribution in [2.24, 2.45) is 0 Å². The maximum absolute atomic E-state index is 11.8. The van der Waals surface area contributed by atoms with Gasteiger partial charge in [-0.3, -0.25) is 4.79 Å². The molecule has 1 aromatic rings. The fourth-order valence-electron chi connectivity index (χ4n) is 1.89. The van der Waals surface area contributed by atoms with Crippen molar-refractivity contribution in [1.82, 2.24) is 15.6 Å². The van der Waals surface area contributed by atoms with E-state index in [1.807, 2.05) is 5.38 Å². The summed E-state index contributed by atoms with van der Waals surface area (Å²) in [5.41, 5.74) is 0.899. The number of carbonyl (C=O) groups is 1. The minimum atomic E-state index is -0.410. The van der Waals surface area contributed by atoms with Crippen LogP contribution < -0.4 is 10.6 Å². The molecule has 6 heteroatoms. The fourth-order valence-corrected chi connectivity index (χ4v) is 2.72. The number of carbonyl (C=O) groups excluding carboxylic acids is 1. The minimum absolute atomic E-state index is 0.0642. The molecule has 1 amide bonds. The average molecular weight is 269 g/mol. The van der Waals surface area contributed by atoms with Crippen LogP contribution in [0.1, 0.15) is 36.9 Å². The van der Waals surface area contributed by atoms with Crippen LogP contribution >= 0.6 is 11.3 Å². The molecule has 1 aromatic heterocycles. The Morgan fingerprint density at radius 3 is 3.06 bits per heavy atom. The number of hydrogen-bond donors (Lipinski definition) is 3. The van der Waals surface area contributed by atoms with Crippen molar-refractivity contribution < 1.29 is 9.90 Å². The van der Waals surface area contributed by atoms with Crippen LogP contribution in [0.2, 0.25) is 0 Å². The lowest BCUT2D eigenvalue weighted by Gasteiger charge is -2.09. The summed E-state index contributed by atoms with van der Waals surface area (Å²) in [5.74, 6) is 0.358. The van der Waals surface area contributed by atoms with E-state index < -0.39 is 6.10 Å². The van der Waals surface area contributed by atoms with Gasteiger partial charge in [-0.1, -0.05) is 13.8 Å². The highest BCUT2D eigenvalue weighted by Gasteiger charge is 2.27. The molecule has 0 saturated carbocycles. The molecule has 5 nitrogen and oxygen atoms in total. The van der Waals surface area contributed by atoms with E-state index in [2.05, 4.69) is 29.5 Å². The van der Waals surface area contributed by atoms with Crippen LogP contribution in [-0.2, 0) is 11.3 Å². The van der Waals surface area contributed by atoms with Crippen LogP contribution in [0.3, 0.4) is 0 Å². The Morgan fingerprint density at radius 2 is 2.50 bits per heavy atom. The Hall–Kier alpha value is -0.980. The van der Waals surface area contributed by atoms with Crippen LogP contribution in [0.4, 0.5) is 0 Å². The van der Waals surface area contributed by atoms with E-state index >= 15 is 0 Å². The van der Waals surface area contributed by atoms with E-state index in [0.29, 0.717) is 25.4 Å². The minimum Gasteiger partial charge on any atom is -0.392 e. The van der Waals surface area contributed by atoms with Crippen LogP contribution in [0.25, 0.3) is 0 Å². The number of nitrogens with zero attached hydrogens (tertiary/aromatic N) is 1. The van der Waals surface area contributed by atoms with Crippen molar-refractivity contribution in [3.63, 3.8) is 0 Å². The van der Waals surface area contributed by atoms with Gasteiger partial charge in [-0.2, -0.15) is 0 Å². The van der Waals surface area contributed by atoms with Gasteiger partial charge in [0, 0.05) is 17.8 Å². The summed E-state index contributed by atoms with van der Waals surface area (Å²) in [7, 11) is 0. The number of nitrogens with one attached hydrogen (secondary N) is 2. The van der Waals surface area contributed by atoms with Gasteiger partial charge in [0.25, 0.3) is 0 Å². The van der Waals surface area contributed by atoms with E-state index in [9.17, 15) is 9.90 Å². The molecule has 1 aliphatic rings. The number of rotatable bonds is 4. The number of hydrogen-bond acceptors (Lipinski definition) is 5. The molecule has 1 fully saturated rings. The highest BCUT2D eigenvalue weighted by atomic mass is 32.1. The predicted octanol–water partition coefficient (Wildman–Crippen LogP) is 0.605. The van der Waals surface area contributed by atoms with Crippen LogP contribution in [0.15, 0.2) is 5.38 Å². The number of β-amino-alcohol motifs (C(OH)–C–C–N with tert-alkyl or cyclic N) is 1. The van der Waals surface area contributed by atoms with Crippen LogP contribution in [-0.4, -0.2) is 34.7 Å². The quantitative estimate of drug-likeness (QED) is 0.748. The number of amides is 1. The molecule has 0 aliphatic carbocycles. The third-order valence-corrected chi connectivity index (χ3v) is 4.13. The molecule has 18 heavy (non-hydrogen) atoms. The number of aliphatic hydroxyl groups is 1. The first-order valence-electron chi connectivity index (χ1n) is 6.19. The lowest BCUT2D eigenvalue weighted by atomic mass is 10.2. The maximum atomic E-state index is 11.8. The van der Waals surface area contributed by atoms with Gasteiger partial charge in [0.05, 0.1) is 29.4 Å². The predicted molar refractivity (Wildman–Crippen MR) is 70.5 cm³/mol. The Morgan fingerprint density at radius 1 is 1.72 bits per heavy atom. The highest BCUT2D eigenvalue weighted by molar-refractivity contribution is 7.09. The topological polar surface area (TPSA) is 74.2 Å². The molecule has 100 valence electrons. The standard InChI is InChI=1S/C12H19N3O2S/c1-7(2)12-15-8(6-18-12)4-14-11(17)10-3-9(16)5-13-10/h6-7,9-10,13,16H,3-5H2,1-2H3,(H,14,17)/t9-,10+/m1/s1. The zero-order valence-electron chi connectivity index (χ0n) is 10.6. The van der Waals surface area contributed by atoms with Crippen molar-refractivity contribution in [3.05, 3.63) is 16.1 Å².